The molecule has 0 aromatic carbocycles. The Kier molecular flexibility index (Phi) is 3.82. The monoisotopic (exact) mass is 198 g/mol. The topological polar surface area (TPSA) is 55.0 Å². The van der Waals surface area contributed by atoms with Crippen molar-refractivity contribution in [3.8, 4) is 0 Å². The molecule has 0 aliphatic carbocycles. The molecule has 0 aliphatic heterocycles. The maximum absolute atomic E-state index is 5.72. The zero-order valence-electron chi connectivity index (χ0n) is 7.90. The van der Waals surface area contributed by atoms with Crippen molar-refractivity contribution in [1.29, 1.82) is 0 Å². The first kappa shape index (κ1) is 10.1. The van der Waals surface area contributed by atoms with Gasteiger partial charge in [-0.1, -0.05) is 0 Å². The van der Waals surface area contributed by atoms with E-state index in [4.69, 9.17) is 5.73 Å². The number of rotatable bonds is 4. The Morgan fingerprint density at radius 1 is 1.62 bits per heavy atom. The Morgan fingerprint density at radius 2 is 2.38 bits per heavy atom. The first-order valence-corrected chi connectivity index (χ1v) is 5.40. The first-order valence-electron chi connectivity index (χ1n) is 4.01. The number of thioether (sulfide) groups is 1. The molecule has 72 valence electrons. The molecule has 0 atom stereocenters. The van der Waals surface area contributed by atoms with Crippen molar-refractivity contribution in [2.24, 2.45) is 0 Å². The molecule has 1 rings (SSSR count). The fourth-order valence-corrected chi connectivity index (χ4v) is 1.44. The Bertz CT molecular complexity index is 266. The van der Waals surface area contributed by atoms with E-state index >= 15 is 0 Å². The molecular formula is C8H14N4S. The number of nitrogens with zero attached hydrogens (tertiary/aromatic N) is 3. The molecule has 13 heavy (non-hydrogen) atoms. The number of aromatic nitrogens is 2. The summed E-state index contributed by atoms with van der Waals surface area (Å²) in [4.78, 5) is 9.99. The second kappa shape index (κ2) is 4.91. The Labute approximate surface area is 82.6 Å². The van der Waals surface area contributed by atoms with Gasteiger partial charge in [0.05, 0.1) is 11.9 Å². The molecule has 0 unspecified atom stereocenters. The van der Waals surface area contributed by atoms with Gasteiger partial charge < -0.3 is 10.6 Å². The SMILES string of the molecule is CSCCN(C)c1ncncc1N. The van der Waals surface area contributed by atoms with Crippen molar-refractivity contribution < 1.29 is 0 Å². The van der Waals surface area contributed by atoms with Gasteiger partial charge in [-0.3, -0.25) is 0 Å². The summed E-state index contributed by atoms with van der Waals surface area (Å²) in [6.07, 6.45) is 5.22. The van der Waals surface area contributed by atoms with Gasteiger partial charge in [-0.25, -0.2) is 9.97 Å². The Morgan fingerprint density at radius 3 is 3.00 bits per heavy atom. The quantitative estimate of drug-likeness (QED) is 0.777. The molecule has 0 saturated carbocycles. The highest BCUT2D eigenvalue weighted by Crippen LogP contribution is 2.16. The van der Waals surface area contributed by atoms with Crippen LogP contribution >= 0.6 is 11.8 Å². The van der Waals surface area contributed by atoms with Gasteiger partial charge in [-0.05, 0) is 6.26 Å². The summed E-state index contributed by atoms with van der Waals surface area (Å²) in [5.41, 5.74) is 6.35. The van der Waals surface area contributed by atoms with E-state index in [9.17, 15) is 0 Å². The summed E-state index contributed by atoms with van der Waals surface area (Å²) in [6, 6.07) is 0. The summed E-state index contributed by atoms with van der Waals surface area (Å²) in [6.45, 7) is 0.947. The number of nitrogen functional groups attached to an aromatic ring is 1. The smallest absolute Gasteiger partial charge is 0.155 e. The number of hydrogen-bond acceptors (Lipinski definition) is 5. The second-order valence-corrected chi connectivity index (χ2v) is 3.70. The van der Waals surface area contributed by atoms with Crippen LogP contribution < -0.4 is 10.6 Å². The van der Waals surface area contributed by atoms with Crippen LogP contribution in [0.1, 0.15) is 0 Å². The van der Waals surface area contributed by atoms with Crippen molar-refractivity contribution in [2.45, 2.75) is 0 Å². The molecule has 0 bridgehead atoms. The molecule has 0 spiro atoms. The van der Waals surface area contributed by atoms with Gasteiger partial charge in [0.1, 0.15) is 6.33 Å². The van der Waals surface area contributed by atoms with E-state index in [2.05, 4.69) is 16.2 Å². The lowest BCUT2D eigenvalue weighted by Crippen LogP contribution is -2.22. The van der Waals surface area contributed by atoms with Gasteiger partial charge in [-0.2, -0.15) is 11.8 Å². The summed E-state index contributed by atoms with van der Waals surface area (Å²) >= 11 is 1.80. The van der Waals surface area contributed by atoms with Crippen LogP contribution in [-0.2, 0) is 0 Å². The van der Waals surface area contributed by atoms with E-state index < -0.39 is 0 Å². The maximum atomic E-state index is 5.72. The molecule has 0 saturated heterocycles. The third kappa shape index (κ3) is 2.77. The maximum Gasteiger partial charge on any atom is 0.155 e. The highest BCUT2D eigenvalue weighted by molar-refractivity contribution is 7.98. The largest absolute Gasteiger partial charge is 0.394 e. The van der Waals surface area contributed by atoms with Gasteiger partial charge in [0.25, 0.3) is 0 Å². The Balaban J connectivity index is 2.65. The highest BCUT2D eigenvalue weighted by Gasteiger charge is 2.04. The van der Waals surface area contributed by atoms with Crippen LogP contribution in [0.15, 0.2) is 12.5 Å². The summed E-state index contributed by atoms with van der Waals surface area (Å²) in [5, 5.41) is 0. The molecule has 0 radical (unpaired) electrons. The van der Waals surface area contributed by atoms with E-state index in [0.29, 0.717) is 5.69 Å². The van der Waals surface area contributed by atoms with Crippen molar-refractivity contribution in [2.75, 3.05) is 36.2 Å². The van der Waals surface area contributed by atoms with Gasteiger partial charge in [-0.15, -0.1) is 0 Å². The molecular weight excluding hydrogens is 184 g/mol. The fraction of sp³-hybridized carbons (Fsp3) is 0.500. The normalized spacial score (nSPS) is 10.0. The van der Waals surface area contributed by atoms with Crippen LogP contribution in [0.5, 0.6) is 0 Å². The summed E-state index contributed by atoms with van der Waals surface area (Å²) in [7, 11) is 1.98. The zero-order chi connectivity index (χ0) is 9.68. The standard InChI is InChI=1S/C8H14N4S/c1-12(3-4-13-2)8-7(9)5-10-6-11-8/h5-6H,3-4,9H2,1-2H3. The lowest BCUT2D eigenvalue weighted by atomic mass is 10.4. The molecule has 0 aliphatic rings. The third-order valence-electron chi connectivity index (χ3n) is 1.71. The van der Waals surface area contributed by atoms with Crippen LogP contribution in [0.2, 0.25) is 0 Å². The van der Waals surface area contributed by atoms with Crippen LogP contribution in [0.25, 0.3) is 0 Å². The molecule has 5 heteroatoms. The van der Waals surface area contributed by atoms with Gasteiger partial charge in [0, 0.05) is 19.3 Å². The summed E-state index contributed by atoms with van der Waals surface area (Å²) in [5.74, 6) is 1.88. The predicted molar refractivity (Wildman–Crippen MR) is 58.1 cm³/mol. The lowest BCUT2D eigenvalue weighted by molar-refractivity contribution is 0.939. The molecule has 2 N–H and O–H groups in total. The van der Waals surface area contributed by atoms with E-state index in [0.717, 1.165) is 18.1 Å². The average Bonchev–Trinajstić information content (AvgIpc) is 2.15. The van der Waals surface area contributed by atoms with Crippen LogP contribution in [0.4, 0.5) is 11.5 Å². The molecule has 0 amide bonds. The molecule has 1 aromatic heterocycles. The second-order valence-electron chi connectivity index (χ2n) is 2.72. The third-order valence-corrected chi connectivity index (χ3v) is 2.30. The molecule has 1 heterocycles. The number of nitrogens with two attached hydrogens (primary N) is 1. The van der Waals surface area contributed by atoms with Crippen molar-refractivity contribution >= 4 is 23.3 Å². The van der Waals surface area contributed by atoms with Gasteiger partial charge in [0.2, 0.25) is 0 Å². The molecule has 0 fully saturated rings. The van der Waals surface area contributed by atoms with Gasteiger partial charge in [0.15, 0.2) is 5.82 Å². The number of hydrogen-bond donors (Lipinski definition) is 1. The minimum Gasteiger partial charge on any atom is -0.394 e. The van der Waals surface area contributed by atoms with E-state index in [1.807, 2.05) is 11.9 Å². The minimum absolute atomic E-state index is 0.631. The summed E-state index contributed by atoms with van der Waals surface area (Å²) < 4.78 is 0. The van der Waals surface area contributed by atoms with E-state index in [-0.39, 0.29) is 0 Å². The van der Waals surface area contributed by atoms with E-state index in [1.54, 1.807) is 18.0 Å². The van der Waals surface area contributed by atoms with Crippen LogP contribution in [-0.4, -0.2) is 35.6 Å². The van der Waals surface area contributed by atoms with Crippen molar-refractivity contribution in [3.05, 3.63) is 12.5 Å². The highest BCUT2D eigenvalue weighted by atomic mass is 32.2. The molecule has 1 aromatic rings. The number of anilines is 2. The average molecular weight is 198 g/mol. The van der Waals surface area contributed by atoms with Crippen LogP contribution in [0, 0.1) is 0 Å². The molecule has 4 nitrogen and oxygen atoms in total. The predicted octanol–water partition coefficient (Wildman–Crippen LogP) is 0.858. The van der Waals surface area contributed by atoms with Gasteiger partial charge >= 0.3 is 0 Å². The van der Waals surface area contributed by atoms with Crippen molar-refractivity contribution in [3.63, 3.8) is 0 Å². The minimum atomic E-state index is 0.631. The lowest BCUT2D eigenvalue weighted by Gasteiger charge is -2.18. The Hall–Kier alpha value is -0.970. The van der Waals surface area contributed by atoms with E-state index in [1.165, 1.54) is 6.33 Å². The fourth-order valence-electron chi connectivity index (χ4n) is 0.987. The van der Waals surface area contributed by atoms with Crippen LogP contribution in [0.3, 0.4) is 0 Å². The van der Waals surface area contributed by atoms with Crippen molar-refractivity contribution in [1.82, 2.24) is 9.97 Å². The zero-order valence-corrected chi connectivity index (χ0v) is 8.71. The first-order chi connectivity index (χ1) is 6.25.